The number of H-pyrrole nitrogens is 1. The van der Waals surface area contributed by atoms with Gasteiger partial charge in [-0.05, 0) is 61.3 Å². The maximum Gasteiger partial charge on any atom is 0.311 e. The molecule has 0 amide bonds. The molecule has 1 aliphatic carbocycles. The third-order valence-corrected chi connectivity index (χ3v) is 7.69. The van der Waals surface area contributed by atoms with Crippen molar-refractivity contribution in [3.63, 3.8) is 0 Å². The van der Waals surface area contributed by atoms with E-state index in [2.05, 4.69) is 17.2 Å². The molecule has 5 atom stereocenters. The Labute approximate surface area is 205 Å². The Hall–Kier alpha value is -3.50. The summed E-state index contributed by atoms with van der Waals surface area (Å²) in [6.07, 6.45) is 3.73. The van der Waals surface area contributed by atoms with Gasteiger partial charge in [-0.3, -0.25) is 4.79 Å². The van der Waals surface area contributed by atoms with E-state index in [9.17, 15) is 15.2 Å². The van der Waals surface area contributed by atoms with E-state index >= 15 is 0 Å². The summed E-state index contributed by atoms with van der Waals surface area (Å²) in [5.41, 5.74) is 3.12. The second-order valence-electron chi connectivity index (χ2n) is 9.63. The second kappa shape index (κ2) is 10.0. The van der Waals surface area contributed by atoms with Crippen LogP contribution in [0.4, 0.5) is 0 Å². The number of para-hydroxylation sites is 2. The highest BCUT2D eigenvalue weighted by Crippen LogP contribution is 2.44. The number of carbonyl (C=O) groups excluding carboxylic acids is 1. The number of carbonyl (C=O) groups is 1. The van der Waals surface area contributed by atoms with Crippen molar-refractivity contribution >= 4 is 16.9 Å². The molecule has 2 aliphatic rings. The van der Waals surface area contributed by atoms with Gasteiger partial charge >= 0.3 is 5.97 Å². The Kier molecular flexibility index (Phi) is 6.65. The zero-order valence-electron chi connectivity index (χ0n) is 19.9. The van der Waals surface area contributed by atoms with Crippen LogP contribution < -0.4 is 4.74 Å². The minimum absolute atomic E-state index is 0.0648. The Morgan fingerprint density at radius 2 is 1.91 bits per heavy atom. The molecule has 0 bridgehead atoms. The van der Waals surface area contributed by atoms with Gasteiger partial charge < -0.3 is 24.5 Å². The van der Waals surface area contributed by atoms with Gasteiger partial charge in [0.15, 0.2) is 6.19 Å². The van der Waals surface area contributed by atoms with Crippen molar-refractivity contribution in [2.45, 2.75) is 37.9 Å². The number of aromatic amines is 1. The van der Waals surface area contributed by atoms with E-state index in [1.165, 1.54) is 7.11 Å². The number of benzene rings is 2. The van der Waals surface area contributed by atoms with Crippen molar-refractivity contribution in [2.24, 2.45) is 17.8 Å². The van der Waals surface area contributed by atoms with Gasteiger partial charge in [-0.1, -0.05) is 36.4 Å². The number of ether oxygens (including phenoxy) is 2. The van der Waals surface area contributed by atoms with Gasteiger partial charge in [0.05, 0.1) is 24.8 Å². The minimum atomic E-state index is -0.776. The van der Waals surface area contributed by atoms with E-state index in [1.807, 2.05) is 48.5 Å². The first-order valence-corrected chi connectivity index (χ1v) is 12.3. The number of hydrogen-bond donors (Lipinski definition) is 2. The lowest BCUT2D eigenvalue weighted by molar-refractivity contribution is -0.157. The fraction of sp³-hybridized carbons (Fsp3) is 0.429. The van der Waals surface area contributed by atoms with E-state index in [0.717, 1.165) is 34.3 Å². The highest BCUT2D eigenvalue weighted by Gasteiger charge is 2.46. The molecule has 1 unspecified atom stereocenters. The first kappa shape index (κ1) is 23.3. The van der Waals surface area contributed by atoms with Crippen LogP contribution in [0.1, 0.15) is 36.6 Å². The molecule has 2 N–H and O–H groups in total. The molecule has 1 aliphatic heterocycles. The summed E-state index contributed by atoms with van der Waals surface area (Å²) >= 11 is 0. The highest BCUT2D eigenvalue weighted by molar-refractivity contribution is 5.85. The number of nitrogens with one attached hydrogen (secondary N) is 1. The van der Waals surface area contributed by atoms with Gasteiger partial charge in [0.25, 0.3) is 0 Å². The van der Waals surface area contributed by atoms with Crippen LogP contribution in [0.3, 0.4) is 0 Å². The van der Waals surface area contributed by atoms with Crippen molar-refractivity contribution < 1.29 is 19.4 Å². The van der Waals surface area contributed by atoms with Crippen LogP contribution in [0.15, 0.2) is 54.6 Å². The van der Waals surface area contributed by atoms with Crippen LogP contribution in [0.25, 0.3) is 10.9 Å². The van der Waals surface area contributed by atoms with E-state index in [1.54, 1.807) is 4.90 Å². The molecule has 182 valence electrons. The fourth-order valence-electron chi connectivity index (χ4n) is 6.00. The van der Waals surface area contributed by atoms with Crippen LogP contribution >= 0.6 is 0 Å². The first-order valence-electron chi connectivity index (χ1n) is 12.3. The summed E-state index contributed by atoms with van der Waals surface area (Å²) in [5, 5.41) is 21.9. The summed E-state index contributed by atoms with van der Waals surface area (Å²) in [4.78, 5) is 18.3. The fourth-order valence-corrected chi connectivity index (χ4v) is 6.00. The molecule has 1 saturated carbocycles. The Morgan fingerprint density at radius 3 is 2.69 bits per heavy atom. The van der Waals surface area contributed by atoms with Crippen molar-refractivity contribution in [3.8, 4) is 11.9 Å². The molecular formula is C28H31N3O4. The summed E-state index contributed by atoms with van der Waals surface area (Å²) in [6, 6.07) is 17.9. The molecule has 7 heteroatoms. The average Bonchev–Trinajstić information content (AvgIpc) is 3.26. The third-order valence-electron chi connectivity index (χ3n) is 7.69. The molecule has 7 nitrogen and oxygen atoms in total. The molecule has 0 spiro atoms. The molecular weight excluding hydrogens is 442 g/mol. The van der Waals surface area contributed by atoms with Crippen LogP contribution in [0, 0.1) is 29.2 Å². The van der Waals surface area contributed by atoms with Crippen molar-refractivity contribution in [2.75, 3.05) is 20.2 Å². The van der Waals surface area contributed by atoms with Gasteiger partial charge in [-0.2, -0.15) is 5.26 Å². The Bertz CT molecular complexity index is 1220. The number of fused-ring (bicyclic) bond motifs is 4. The van der Waals surface area contributed by atoms with Crippen molar-refractivity contribution in [1.29, 1.82) is 5.26 Å². The molecule has 0 saturated heterocycles. The summed E-state index contributed by atoms with van der Waals surface area (Å²) in [7, 11) is 1.37. The molecule has 35 heavy (non-hydrogen) atoms. The molecule has 5 rings (SSSR count). The van der Waals surface area contributed by atoms with Gasteiger partial charge in [0.1, 0.15) is 11.9 Å². The number of aliphatic hydroxyl groups is 1. The lowest BCUT2D eigenvalue weighted by Crippen LogP contribution is -2.47. The normalized spacial score (nSPS) is 26.8. The zero-order valence-corrected chi connectivity index (χ0v) is 19.9. The van der Waals surface area contributed by atoms with Crippen molar-refractivity contribution in [3.05, 3.63) is 65.9 Å². The van der Waals surface area contributed by atoms with Gasteiger partial charge in [0.2, 0.25) is 0 Å². The number of esters is 1. The number of rotatable bonds is 3. The standard InChI is InChI=1S/C28H31N3O4/c1-34-28(33)26-22-15-25(35-19-7-3-2-4-8-19)27-21(20-9-5-6-10-23(20)30-27)13-14-31(17-29)16-18(22)11-12-24(26)32/h2-10,18,22,24-26,30,32H,11-16H2,1H3/t18-,22?,24-,25-,26+/m0/s1. The van der Waals surface area contributed by atoms with Gasteiger partial charge in [0, 0.05) is 24.0 Å². The molecule has 1 aromatic heterocycles. The number of methoxy groups -OCH3 is 1. The van der Waals surface area contributed by atoms with Crippen LogP contribution in [-0.2, 0) is 16.0 Å². The number of hydrogen-bond acceptors (Lipinski definition) is 6. The number of nitrogens with zero attached hydrogens (tertiary/aromatic N) is 2. The van der Waals surface area contributed by atoms with Crippen LogP contribution in [0.5, 0.6) is 5.75 Å². The molecule has 3 aromatic rings. The molecule has 1 fully saturated rings. The van der Waals surface area contributed by atoms with E-state index in [4.69, 9.17) is 9.47 Å². The molecule has 2 heterocycles. The predicted molar refractivity (Wildman–Crippen MR) is 131 cm³/mol. The quantitative estimate of drug-likeness (QED) is 0.437. The Morgan fingerprint density at radius 1 is 1.14 bits per heavy atom. The average molecular weight is 474 g/mol. The predicted octanol–water partition coefficient (Wildman–Crippen LogP) is 4.19. The largest absolute Gasteiger partial charge is 0.484 e. The Balaban J connectivity index is 1.64. The topological polar surface area (TPSA) is 98.6 Å². The lowest BCUT2D eigenvalue weighted by Gasteiger charge is -2.42. The minimum Gasteiger partial charge on any atom is -0.484 e. The summed E-state index contributed by atoms with van der Waals surface area (Å²) in [5.74, 6) is -0.445. The molecule has 0 radical (unpaired) electrons. The van der Waals surface area contributed by atoms with E-state index in [-0.39, 0.29) is 17.9 Å². The number of aromatic nitrogens is 1. The van der Waals surface area contributed by atoms with E-state index < -0.39 is 18.0 Å². The number of nitriles is 1. The SMILES string of the molecule is COC(=O)[C@@H]1C2C[C@H](Oc3ccccc3)c3[nH]c4ccccc4c3CCN(C#N)C[C@@H]2CC[C@@H]1O. The summed E-state index contributed by atoms with van der Waals surface area (Å²) < 4.78 is 11.7. The van der Waals surface area contributed by atoms with Gasteiger partial charge in [-0.15, -0.1) is 0 Å². The zero-order chi connectivity index (χ0) is 24.4. The smallest absolute Gasteiger partial charge is 0.311 e. The van der Waals surface area contributed by atoms with Crippen molar-refractivity contribution in [1.82, 2.24) is 9.88 Å². The van der Waals surface area contributed by atoms with Crippen LogP contribution in [0.2, 0.25) is 0 Å². The van der Waals surface area contributed by atoms with E-state index in [0.29, 0.717) is 32.4 Å². The maximum atomic E-state index is 12.9. The lowest BCUT2D eigenvalue weighted by atomic mass is 9.67. The third kappa shape index (κ3) is 4.59. The summed E-state index contributed by atoms with van der Waals surface area (Å²) in [6.45, 7) is 1.13. The molecule has 2 aromatic carbocycles. The second-order valence-corrected chi connectivity index (χ2v) is 9.63. The number of aliphatic hydroxyl groups excluding tert-OH is 1. The first-order chi connectivity index (χ1) is 17.1. The van der Waals surface area contributed by atoms with Gasteiger partial charge in [-0.25, -0.2) is 0 Å². The maximum absolute atomic E-state index is 12.9. The van der Waals surface area contributed by atoms with Crippen LogP contribution in [-0.4, -0.2) is 47.3 Å². The monoisotopic (exact) mass is 473 g/mol. The highest BCUT2D eigenvalue weighted by atomic mass is 16.5.